The van der Waals surface area contributed by atoms with Crippen LogP contribution in [0.25, 0.3) is 10.9 Å². The van der Waals surface area contributed by atoms with Gasteiger partial charge in [0.15, 0.2) is 0 Å². The number of rotatable bonds is 2. The Morgan fingerprint density at radius 3 is 2.88 bits per heavy atom. The van der Waals surface area contributed by atoms with Crippen LogP contribution < -0.4 is 10.2 Å². The first-order valence-corrected chi connectivity index (χ1v) is 8.91. The molecule has 1 fully saturated rings. The van der Waals surface area contributed by atoms with E-state index in [0.717, 1.165) is 40.7 Å². The maximum absolute atomic E-state index is 11.9. The van der Waals surface area contributed by atoms with E-state index in [1.165, 1.54) is 0 Å². The van der Waals surface area contributed by atoms with E-state index in [2.05, 4.69) is 32.2 Å². The minimum atomic E-state index is -0.478. The molecule has 0 aliphatic carbocycles. The second kappa shape index (κ2) is 6.59. The molecule has 2 heterocycles. The molecule has 1 aromatic carbocycles. The van der Waals surface area contributed by atoms with E-state index in [1.54, 1.807) is 0 Å². The van der Waals surface area contributed by atoms with Crippen LogP contribution >= 0.6 is 15.9 Å². The third kappa shape index (κ3) is 3.98. The van der Waals surface area contributed by atoms with E-state index >= 15 is 0 Å². The summed E-state index contributed by atoms with van der Waals surface area (Å²) >= 11 is 3.56. The van der Waals surface area contributed by atoms with Gasteiger partial charge in [-0.3, -0.25) is 0 Å². The lowest BCUT2D eigenvalue weighted by Crippen LogP contribution is -2.40. The van der Waals surface area contributed by atoms with Gasteiger partial charge in [0.05, 0.1) is 11.6 Å². The fourth-order valence-electron chi connectivity index (χ4n) is 2.84. The molecule has 1 atom stereocenters. The summed E-state index contributed by atoms with van der Waals surface area (Å²) in [6, 6.07) is 10.2. The molecule has 3 rings (SSSR count). The summed E-state index contributed by atoms with van der Waals surface area (Å²) in [5.41, 5.74) is 0.479. The fraction of sp³-hybridized carbons (Fsp3) is 0.444. The molecule has 0 unspecified atom stereocenters. The highest BCUT2D eigenvalue weighted by molar-refractivity contribution is 9.10. The molecule has 2 aromatic rings. The average Bonchev–Trinajstić information content (AvgIpc) is 2.93. The van der Waals surface area contributed by atoms with Crippen molar-refractivity contribution in [3.63, 3.8) is 0 Å². The van der Waals surface area contributed by atoms with Crippen molar-refractivity contribution >= 4 is 38.7 Å². The van der Waals surface area contributed by atoms with Crippen LogP contribution in [0.2, 0.25) is 0 Å². The molecule has 24 heavy (non-hydrogen) atoms. The first-order valence-electron chi connectivity index (χ1n) is 8.11. The molecule has 6 heteroatoms. The highest BCUT2D eigenvalue weighted by Gasteiger charge is 2.27. The normalized spacial score (nSPS) is 18.0. The Morgan fingerprint density at radius 1 is 1.33 bits per heavy atom. The highest BCUT2D eigenvalue weighted by Crippen LogP contribution is 2.26. The van der Waals surface area contributed by atoms with Gasteiger partial charge in [-0.1, -0.05) is 12.1 Å². The van der Waals surface area contributed by atoms with E-state index in [0.29, 0.717) is 0 Å². The summed E-state index contributed by atoms with van der Waals surface area (Å²) in [5, 5.41) is 4.05. The summed E-state index contributed by atoms with van der Waals surface area (Å²) in [7, 11) is 0. The zero-order chi connectivity index (χ0) is 17.3. The van der Waals surface area contributed by atoms with Gasteiger partial charge in [0.25, 0.3) is 0 Å². The molecular weight excluding hydrogens is 370 g/mol. The lowest BCUT2D eigenvalue weighted by atomic mass is 10.2. The van der Waals surface area contributed by atoms with Crippen molar-refractivity contribution in [2.24, 2.45) is 0 Å². The Balaban J connectivity index is 1.67. The minimum Gasteiger partial charge on any atom is -0.444 e. The number of anilines is 1. The number of para-hydroxylation sites is 1. The largest absolute Gasteiger partial charge is 0.444 e. The number of benzene rings is 1. The van der Waals surface area contributed by atoms with Gasteiger partial charge >= 0.3 is 6.09 Å². The number of hydrogen-bond donors (Lipinski definition) is 1. The zero-order valence-electron chi connectivity index (χ0n) is 14.2. The predicted octanol–water partition coefficient (Wildman–Crippen LogP) is 4.10. The molecule has 0 bridgehead atoms. The Hall–Kier alpha value is -1.82. The third-order valence-corrected chi connectivity index (χ3v) is 4.53. The number of nitrogens with one attached hydrogen (secondary N) is 1. The van der Waals surface area contributed by atoms with Crippen LogP contribution in [-0.4, -0.2) is 35.8 Å². The molecule has 5 nitrogen and oxygen atoms in total. The maximum Gasteiger partial charge on any atom is 0.407 e. The smallest absolute Gasteiger partial charge is 0.407 e. The third-order valence-electron chi connectivity index (χ3n) is 3.89. The number of hydrogen-bond acceptors (Lipinski definition) is 4. The molecule has 0 radical (unpaired) electrons. The zero-order valence-corrected chi connectivity index (χ0v) is 15.8. The van der Waals surface area contributed by atoms with Crippen molar-refractivity contribution in [1.29, 1.82) is 0 Å². The number of pyridine rings is 1. The van der Waals surface area contributed by atoms with Gasteiger partial charge in [-0.05, 0) is 61.3 Å². The molecule has 1 saturated heterocycles. The number of nitrogens with zero attached hydrogens (tertiary/aromatic N) is 2. The van der Waals surface area contributed by atoms with Gasteiger partial charge in [0.2, 0.25) is 0 Å². The maximum atomic E-state index is 11.9. The Kier molecular flexibility index (Phi) is 4.67. The van der Waals surface area contributed by atoms with Crippen LogP contribution in [0.5, 0.6) is 0 Å². The van der Waals surface area contributed by atoms with Crippen molar-refractivity contribution < 1.29 is 9.53 Å². The Morgan fingerprint density at radius 2 is 2.12 bits per heavy atom. The number of fused-ring (bicyclic) bond motifs is 1. The van der Waals surface area contributed by atoms with E-state index in [4.69, 9.17) is 9.72 Å². The fourth-order valence-corrected chi connectivity index (χ4v) is 3.31. The van der Waals surface area contributed by atoms with Gasteiger partial charge < -0.3 is 15.0 Å². The van der Waals surface area contributed by atoms with Crippen molar-refractivity contribution in [2.45, 2.75) is 38.8 Å². The number of amides is 1. The molecular formula is C18H22BrN3O2. The van der Waals surface area contributed by atoms with E-state index in [-0.39, 0.29) is 12.1 Å². The second-order valence-corrected chi connectivity index (χ2v) is 7.91. The number of alkyl carbamates (subject to hydrolysis) is 1. The SMILES string of the molecule is CC(C)(C)OC(=O)N[C@H]1CCN(c2ccc3cccc(Br)c3n2)C1. The quantitative estimate of drug-likeness (QED) is 0.836. The van der Waals surface area contributed by atoms with Crippen LogP contribution in [0.15, 0.2) is 34.8 Å². The number of ether oxygens (including phenoxy) is 1. The van der Waals surface area contributed by atoms with Crippen LogP contribution in [0, 0.1) is 0 Å². The van der Waals surface area contributed by atoms with Crippen LogP contribution in [-0.2, 0) is 4.74 Å². The molecule has 0 spiro atoms. The monoisotopic (exact) mass is 391 g/mol. The second-order valence-electron chi connectivity index (χ2n) is 7.06. The number of carbonyl (C=O) groups excluding carboxylic acids is 1. The first kappa shape index (κ1) is 17.0. The van der Waals surface area contributed by atoms with Gasteiger partial charge in [-0.25, -0.2) is 9.78 Å². The lowest BCUT2D eigenvalue weighted by molar-refractivity contribution is 0.0509. The van der Waals surface area contributed by atoms with Gasteiger partial charge in [-0.15, -0.1) is 0 Å². The van der Waals surface area contributed by atoms with Gasteiger partial charge in [0, 0.05) is 22.9 Å². The number of aromatic nitrogens is 1. The van der Waals surface area contributed by atoms with Crippen molar-refractivity contribution in [1.82, 2.24) is 10.3 Å². The summed E-state index contributed by atoms with van der Waals surface area (Å²) in [6.45, 7) is 7.20. The highest BCUT2D eigenvalue weighted by atomic mass is 79.9. The van der Waals surface area contributed by atoms with Crippen LogP contribution in [0.4, 0.5) is 10.6 Å². The van der Waals surface area contributed by atoms with E-state index in [1.807, 2.05) is 45.0 Å². The van der Waals surface area contributed by atoms with Crippen molar-refractivity contribution in [3.05, 3.63) is 34.8 Å². The molecule has 128 valence electrons. The lowest BCUT2D eigenvalue weighted by Gasteiger charge is -2.22. The van der Waals surface area contributed by atoms with Crippen molar-refractivity contribution in [3.8, 4) is 0 Å². The molecule has 1 N–H and O–H groups in total. The van der Waals surface area contributed by atoms with Crippen LogP contribution in [0.3, 0.4) is 0 Å². The van der Waals surface area contributed by atoms with Crippen molar-refractivity contribution in [2.75, 3.05) is 18.0 Å². The average molecular weight is 392 g/mol. The van der Waals surface area contributed by atoms with Gasteiger partial charge in [0.1, 0.15) is 11.4 Å². The summed E-state index contributed by atoms with van der Waals surface area (Å²) in [4.78, 5) is 18.9. The molecule has 1 aliphatic heterocycles. The first-order chi connectivity index (χ1) is 11.3. The summed E-state index contributed by atoms with van der Waals surface area (Å²) < 4.78 is 6.31. The number of carbonyl (C=O) groups is 1. The molecule has 0 saturated carbocycles. The summed E-state index contributed by atoms with van der Waals surface area (Å²) in [6.07, 6.45) is 0.526. The number of halogens is 1. The van der Waals surface area contributed by atoms with E-state index in [9.17, 15) is 4.79 Å². The van der Waals surface area contributed by atoms with Gasteiger partial charge in [-0.2, -0.15) is 0 Å². The Labute approximate surface area is 150 Å². The Bertz CT molecular complexity index is 758. The standard InChI is InChI=1S/C18H22BrN3O2/c1-18(2,3)24-17(23)20-13-9-10-22(11-13)15-8-7-12-5-4-6-14(19)16(12)21-15/h4-8,13H,9-11H2,1-3H3,(H,20,23)/t13-/m0/s1. The summed E-state index contributed by atoms with van der Waals surface area (Å²) in [5.74, 6) is 0.933. The van der Waals surface area contributed by atoms with Crippen LogP contribution in [0.1, 0.15) is 27.2 Å². The predicted molar refractivity (Wildman–Crippen MR) is 99.4 cm³/mol. The topological polar surface area (TPSA) is 54.5 Å². The minimum absolute atomic E-state index is 0.0801. The van der Waals surface area contributed by atoms with E-state index < -0.39 is 5.60 Å². The molecule has 1 aliphatic rings. The molecule has 1 amide bonds. The molecule has 1 aromatic heterocycles.